The molecular formula is C11H15N5O2. The summed E-state index contributed by atoms with van der Waals surface area (Å²) < 4.78 is 1.89. The van der Waals surface area contributed by atoms with Gasteiger partial charge in [-0.1, -0.05) is 0 Å². The van der Waals surface area contributed by atoms with Crippen molar-refractivity contribution in [1.29, 1.82) is 0 Å². The summed E-state index contributed by atoms with van der Waals surface area (Å²) in [5.41, 5.74) is 6.66. The lowest BCUT2D eigenvalue weighted by atomic mass is 10.1. The quantitative estimate of drug-likeness (QED) is 0.667. The standard InChI is InChI=1S/C11H15N5O2/c12-9-8-10(14-5-13-9)16(6-15-8)2-7-1-11(7,3-17)4-18/h5-7,17-18H,1-4H2,(H2,12,13,14)/t7-/m0/s1. The highest BCUT2D eigenvalue weighted by Gasteiger charge is 2.53. The van der Waals surface area contributed by atoms with Crippen LogP contribution in [0.4, 0.5) is 5.82 Å². The van der Waals surface area contributed by atoms with Crippen molar-refractivity contribution >= 4 is 17.0 Å². The molecular weight excluding hydrogens is 234 g/mol. The van der Waals surface area contributed by atoms with Crippen LogP contribution in [0.15, 0.2) is 12.7 Å². The van der Waals surface area contributed by atoms with Crippen LogP contribution in [0, 0.1) is 11.3 Å². The number of aromatic nitrogens is 4. The normalized spacial score (nSPS) is 21.3. The van der Waals surface area contributed by atoms with E-state index in [1.165, 1.54) is 6.33 Å². The third kappa shape index (κ3) is 1.55. The number of aliphatic hydroxyl groups is 2. The average Bonchev–Trinajstić information content (AvgIpc) is 2.93. The van der Waals surface area contributed by atoms with Crippen LogP contribution in [-0.4, -0.2) is 42.9 Å². The van der Waals surface area contributed by atoms with Gasteiger partial charge in [-0.05, 0) is 12.3 Å². The van der Waals surface area contributed by atoms with E-state index in [4.69, 9.17) is 5.73 Å². The van der Waals surface area contributed by atoms with Crippen molar-refractivity contribution in [2.45, 2.75) is 13.0 Å². The number of imidazole rings is 1. The van der Waals surface area contributed by atoms with E-state index < -0.39 is 0 Å². The number of nitrogens with zero attached hydrogens (tertiary/aromatic N) is 4. The van der Waals surface area contributed by atoms with Gasteiger partial charge in [-0.3, -0.25) is 0 Å². The van der Waals surface area contributed by atoms with Crippen LogP contribution in [0.2, 0.25) is 0 Å². The lowest BCUT2D eigenvalue weighted by molar-refractivity contribution is 0.119. The molecule has 2 heterocycles. The third-order valence-corrected chi connectivity index (χ3v) is 3.84. The van der Waals surface area contributed by atoms with Crippen molar-refractivity contribution in [2.24, 2.45) is 11.3 Å². The molecule has 0 amide bonds. The van der Waals surface area contributed by atoms with Gasteiger partial charge in [0.15, 0.2) is 11.5 Å². The predicted molar refractivity (Wildman–Crippen MR) is 64.4 cm³/mol. The molecule has 4 N–H and O–H groups in total. The number of hydrogen-bond donors (Lipinski definition) is 3. The van der Waals surface area contributed by atoms with Crippen LogP contribution in [0.1, 0.15) is 6.42 Å². The van der Waals surface area contributed by atoms with Gasteiger partial charge in [-0.2, -0.15) is 0 Å². The molecule has 0 saturated heterocycles. The lowest BCUT2D eigenvalue weighted by Crippen LogP contribution is -2.17. The van der Waals surface area contributed by atoms with Crippen LogP contribution in [0.3, 0.4) is 0 Å². The Labute approximate surface area is 103 Å². The first-order valence-corrected chi connectivity index (χ1v) is 5.83. The Hall–Kier alpha value is -1.73. The molecule has 0 unspecified atom stereocenters. The summed E-state index contributed by atoms with van der Waals surface area (Å²) in [7, 11) is 0. The molecule has 0 aromatic carbocycles. The van der Waals surface area contributed by atoms with Crippen LogP contribution in [0.5, 0.6) is 0 Å². The number of anilines is 1. The van der Waals surface area contributed by atoms with E-state index in [1.807, 2.05) is 4.57 Å². The van der Waals surface area contributed by atoms with Crippen molar-refractivity contribution < 1.29 is 10.2 Å². The summed E-state index contributed by atoms with van der Waals surface area (Å²) in [6.45, 7) is 0.698. The largest absolute Gasteiger partial charge is 0.396 e. The second-order valence-corrected chi connectivity index (χ2v) is 4.91. The topological polar surface area (TPSA) is 110 Å². The molecule has 7 heteroatoms. The summed E-state index contributed by atoms with van der Waals surface area (Å²) >= 11 is 0. The second-order valence-electron chi connectivity index (χ2n) is 4.91. The molecule has 1 aliphatic rings. The molecule has 2 aromatic heterocycles. The Morgan fingerprint density at radius 1 is 1.33 bits per heavy atom. The number of rotatable bonds is 4. The monoisotopic (exact) mass is 249 g/mol. The Kier molecular flexibility index (Phi) is 2.46. The summed E-state index contributed by atoms with van der Waals surface area (Å²) in [4.78, 5) is 12.2. The van der Waals surface area contributed by atoms with Gasteiger partial charge < -0.3 is 20.5 Å². The van der Waals surface area contributed by atoms with E-state index in [1.54, 1.807) is 6.33 Å². The molecule has 1 fully saturated rings. The van der Waals surface area contributed by atoms with Gasteiger partial charge in [0.2, 0.25) is 0 Å². The SMILES string of the molecule is Nc1ncnc2c1ncn2C[C@@H]1CC1(CO)CO. The zero-order chi connectivity index (χ0) is 12.8. The molecule has 1 saturated carbocycles. The molecule has 1 atom stereocenters. The minimum atomic E-state index is -0.338. The molecule has 0 aliphatic heterocycles. The van der Waals surface area contributed by atoms with E-state index in [0.29, 0.717) is 23.5 Å². The molecule has 96 valence electrons. The van der Waals surface area contributed by atoms with Gasteiger partial charge in [0.25, 0.3) is 0 Å². The summed E-state index contributed by atoms with van der Waals surface area (Å²) in [5, 5.41) is 18.6. The van der Waals surface area contributed by atoms with E-state index >= 15 is 0 Å². The highest BCUT2D eigenvalue weighted by molar-refractivity contribution is 5.81. The molecule has 18 heavy (non-hydrogen) atoms. The molecule has 2 aromatic rings. The fraction of sp³-hybridized carbons (Fsp3) is 0.545. The zero-order valence-corrected chi connectivity index (χ0v) is 9.82. The van der Waals surface area contributed by atoms with E-state index in [9.17, 15) is 10.2 Å². The molecule has 3 rings (SSSR count). The van der Waals surface area contributed by atoms with Crippen molar-refractivity contribution in [3.05, 3.63) is 12.7 Å². The van der Waals surface area contributed by atoms with Crippen LogP contribution < -0.4 is 5.73 Å². The van der Waals surface area contributed by atoms with Crippen LogP contribution in [0.25, 0.3) is 11.2 Å². The van der Waals surface area contributed by atoms with Gasteiger partial charge in [0.1, 0.15) is 11.8 Å². The van der Waals surface area contributed by atoms with Gasteiger partial charge in [-0.25, -0.2) is 15.0 Å². The minimum Gasteiger partial charge on any atom is -0.396 e. The fourth-order valence-electron chi connectivity index (χ4n) is 2.40. The lowest BCUT2D eigenvalue weighted by Gasteiger charge is -2.10. The van der Waals surface area contributed by atoms with Gasteiger partial charge in [-0.15, -0.1) is 0 Å². The van der Waals surface area contributed by atoms with Gasteiger partial charge in [0.05, 0.1) is 19.5 Å². The third-order valence-electron chi connectivity index (χ3n) is 3.84. The maximum absolute atomic E-state index is 9.28. The number of hydrogen-bond acceptors (Lipinski definition) is 6. The number of nitrogens with two attached hydrogens (primary N) is 1. The smallest absolute Gasteiger partial charge is 0.165 e. The van der Waals surface area contributed by atoms with E-state index in [2.05, 4.69) is 15.0 Å². The van der Waals surface area contributed by atoms with E-state index in [0.717, 1.165) is 6.42 Å². The summed E-state index contributed by atoms with van der Waals surface area (Å²) in [5.74, 6) is 0.617. The highest BCUT2D eigenvalue weighted by atomic mass is 16.3. The fourth-order valence-corrected chi connectivity index (χ4v) is 2.40. The van der Waals surface area contributed by atoms with Crippen molar-refractivity contribution in [2.75, 3.05) is 18.9 Å². The molecule has 0 spiro atoms. The number of aliphatic hydroxyl groups excluding tert-OH is 2. The van der Waals surface area contributed by atoms with Crippen molar-refractivity contribution in [1.82, 2.24) is 19.5 Å². The van der Waals surface area contributed by atoms with Gasteiger partial charge >= 0.3 is 0 Å². The number of fused-ring (bicyclic) bond motifs is 1. The van der Waals surface area contributed by atoms with Crippen LogP contribution in [-0.2, 0) is 6.54 Å². The average molecular weight is 249 g/mol. The number of nitrogen functional groups attached to an aromatic ring is 1. The summed E-state index contributed by atoms with van der Waals surface area (Å²) in [6, 6.07) is 0. The van der Waals surface area contributed by atoms with Crippen molar-refractivity contribution in [3.63, 3.8) is 0 Å². The van der Waals surface area contributed by atoms with E-state index in [-0.39, 0.29) is 24.5 Å². The first kappa shape index (κ1) is 11.4. The Morgan fingerprint density at radius 2 is 2.11 bits per heavy atom. The maximum Gasteiger partial charge on any atom is 0.165 e. The Morgan fingerprint density at radius 3 is 2.78 bits per heavy atom. The minimum absolute atomic E-state index is 0.0118. The summed E-state index contributed by atoms with van der Waals surface area (Å²) in [6.07, 6.45) is 3.90. The second kappa shape index (κ2) is 3.89. The Bertz CT molecular complexity index is 578. The first-order chi connectivity index (χ1) is 8.70. The highest BCUT2D eigenvalue weighted by Crippen LogP contribution is 2.52. The molecule has 0 radical (unpaired) electrons. The van der Waals surface area contributed by atoms with Crippen LogP contribution >= 0.6 is 0 Å². The Balaban J connectivity index is 1.87. The first-order valence-electron chi connectivity index (χ1n) is 5.83. The van der Waals surface area contributed by atoms with Gasteiger partial charge in [0, 0.05) is 12.0 Å². The molecule has 0 bridgehead atoms. The molecule has 1 aliphatic carbocycles. The maximum atomic E-state index is 9.28. The predicted octanol–water partition coefficient (Wildman–Crippen LogP) is -0.601. The van der Waals surface area contributed by atoms with Crippen molar-refractivity contribution in [3.8, 4) is 0 Å². The molecule has 7 nitrogen and oxygen atoms in total. The zero-order valence-electron chi connectivity index (χ0n) is 9.82.